The monoisotopic (exact) mass is 274 g/mol. The molecule has 1 atom stereocenters. The minimum Gasteiger partial charge on any atom is -0.396 e. The molecule has 18 heavy (non-hydrogen) atoms. The van der Waals surface area contributed by atoms with Gasteiger partial charge in [0, 0.05) is 13.1 Å². The smallest absolute Gasteiger partial charge is 0.243 e. The van der Waals surface area contributed by atoms with Crippen molar-refractivity contribution in [3.8, 4) is 0 Å². The topological polar surface area (TPSA) is 83.6 Å². The van der Waals surface area contributed by atoms with Gasteiger partial charge in [-0.15, -0.1) is 0 Å². The molecule has 0 unspecified atom stereocenters. The van der Waals surface area contributed by atoms with Crippen LogP contribution in [0.1, 0.15) is 12.0 Å². The van der Waals surface area contributed by atoms with Crippen molar-refractivity contribution in [1.29, 1.82) is 0 Å². The molecule has 100 valence electrons. The van der Waals surface area contributed by atoms with Gasteiger partial charge in [-0.05, 0) is 31.0 Å². The summed E-state index contributed by atoms with van der Waals surface area (Å²) in [4.78, 5) is -0.0343. The zero-order valence-electron chi connectivity index (χ0n) is 9.93. The van der Waals surface area contributed by atoms with E-state index in [9.17, 15) is 17.9 Å². The molecule has 0 aromatic heterocycles. The zero-order chi connectivity index (χ0) is 13.5. The van der Waals surface area contributed by atoms with Gasteiger partial charge in [0.2, 0.25) is 10.0 Å². The van der Waals surface area contributed by atoms with Crippen LogP contribution >= 0.6 is 0 Å². The number of nitrogens with zero attached hydrogens (tertiary/aromatic N) is 1. The third kappa shape index (κ3) is 2.21. The van der Waals surface area contributed by atoms with E-state index in [2.05, 4.69) is 0 Å². The molecule has 2 rings (SSSR count). The molecule has 0 saturated carbocycles. The number of hydrogen-bond acceptors (Lipinski definition) is 4. The first-order valence-corrected chi connectivity index (χ1v) is 7.00. The molecule has 1 aromatic rings. The van der Waals surface area contributed by atoms with Gasteiger partial charge in [0.15, 0.2) is 0 Å². The van der Waals surface area contributed by atoms with Gasteiger partial charge in [-0.2, -0.15) is 4.31 Å². The first-order chi connectivity index (χ1) is 8.32. The summed E-state index contributed by atoms with van der Waals surface area (Å²) in [5.41, 5.74) is 5.44. The van der Waals surface area contributed by atoms with Crippen LogP contribution in [0.3, 0.4) is 0 Å². The standard InChI is InChI=1S/C11H15FN2O3S/c1-7-4-9(5-10(13)11(7)12)18(16,17)14-3-2-8(15)6-14/h4-5,8,15H,2-3,6,13H2,1H3/t8-/m1/s1. The fourth-order valence-electron chi connectivity index (χ4n) is 1.99. The number of aliphatic hydroxyl groups is 1. The number of benzene rings is 1. The van der Waals surface area contributed by atoms with Crippen molar-refractivity contribution in [2.24, 2.45) is 0 Å². The Morgan fingerprint density at radius 3 is 2.67 bits per heavy atom. The van der Waals surface area contributed by atoms with E-state index in [1.807, 2.05) is 0 Å². The van der Waals surface area contributed by atoms with Crippen molar-refractivity contribution in [2.45, 2.75) is 24.3 Å². The quantitative estimate of drug-likeness (QED) is 0.768. The second-order valence-corrected chi connectivity index (χ2v) is 6.39. The van der Waals surface area contributed by atoms with Gasteiger partial charge >= 0.3 is 0 Å². The Hall–Kier alpha value is -1.18. The Labute approximate surface area is 105 Å². The number of rotatable bonds is 2. The number of hydrogen-bond donors (Lipinski definition) is 2. The van der Waals surface area contributed by atoms with Crippen molar-refractivity contribution < 1.29 is 17.9 Å². The van der Waals surface area contributed by atoms with Crippen molar-refractivity contribution in [1.82, 2.24) is 4.31 Å². The summed E-state index contributed by atoms with van der Waals surface area (Å²) < 4.78 is 39.0. The van der Waals surface area contributed by atoms with Crippen LogP contribution in [0.15, 0.2) is 17.0 Å². The molecule has 1 saturated heterocycles. The molecule has 0 aliphatic carbocycles. The van der Waals surface area contributed by atoms with Crippen LogP contribution in [-0.4, -0.2) is 37.0 Å². The number of sulfonamides is 1. The molecule has 3 N–H and O–H groups in total. The van der Waals surface area contributed by atoms with E-state index in [0.717, 1.165) is 6.07 Å². The number of β-amino-alcohol motifs (C(OH)–C–C–N with tert-alkyl or cyclic N) is 1. The van der Waals surface area contributed by atoms with Crippen molar-refractivity contribution in [3.63, 3.8) is 0 Å². The van der Waals surface area contributed by atoms with Gasteiger partial charge in [0.25, 0.3) is 0 Å². The van der Waals surface area contributed by atoms with Crippen LogP contribution in [0.4, 0.5) is 10.1 Å². The number of anilines is 1. The summed E-state index contributed by atoms with van der Waals surface area (Å²) in [5.74, 6) is -0.601. The molecule has 1 fully saturated rings. The Kier molecular flexibility index (Phi) is 3.31. The second-order valence-electron chi connectivity index (χ2n) is 4.45. The number of aliphatic hydroxyl groups excluding tert-OH is 1. The fourth-order valence-corrected chi connectivity index (χ4v) is 3.60. The summed E-state index contributed by atoms with van der Waals surface area (Å²) in [6.07, 6.45) is -0.229. The maximum atomic E-state index is 13.4. The van der Waals surface area contributed by atoms with E-state index >= 15 is 0 Å². The zero-order valence-corrected chi connectivity index (χ0v) is 10.7. The van der Waals surface area contributed by atoms with Crippen LogP contribution in [-0.2, 0) is 10.0 Å². The van der Waals surface area contributed by atoms with Gasteiger partial charge in [0.05, 0.1) is 16.7 Å². The highest BCUT2D eigenvalue weighted by molar-refractivity contribution is 7.89. The molecule has 0 bridgehead atoms. The first kappa shape index (κ1) is 13.3. The minimum absolute atomic E-state index is 0.0343. The molecule has 0 spiro atoms. The largest absolute Gasteiger partial charge is 0.396 e. The van der Waals surface area contributed by atoms with Gasteiger partial charge in [-0.3, -0.25) is 0 Å². The maximum Gasteiger partial charge on any atom is 0.243 e. The number of aryl methyl sites for hydroxylation is 1. The Balaban J connectivity index is 2.42. The highest BCUT2D eigenvalue weighted by atomic mass is 32.2. The Morgan fingerprint density at radius 2 is 2.17 bits per heavy atom. The van der Waals surface area contributed by atoms with Crippen LogP contribution in [0.2, 0.25) is 0 Å². The van der Waals surface area contributed by atoms with E-state index in [4.69, 9.17) is 5.73 Å². The van der Waals surface area contributed by atoms with Gasteiger partial charge < -0.3 is 10.8 Å². The lowest BCUT2D eigenvalue weighted by molar-refractivity contribution is 0.189. The van der Waals surface area contributed by atoms with E-state index < -0.39 is 21.9 Å². The predicted octanol–water partition coefficient (Wildman–Crippen LogP) is 0.472. The SMILES string of the molecule is Cc1cc(S(=O)(=O)N2CC[C@@H](O)C2)cc(N)c1F. The van der Waals surface area contributed by atoms with E-state index in [-0.39, 0.29) is 29.2 Å². The predicted molar refractivity (Wildman–Crippen MR) is 64.9 cm³/mol. The molecule has 7 heteroatoms. The van der Waals surface area contributed by atoms with E-state index in [0.29, 0.717) is 6.42 Å². The van der Waals surface area contributed by atoms with Crippen LogP contribution in [0.5, 0.6) is 0 Å². The molecule has 5 nitrogen and oxygen atoms in total. The summed E-state index contributed by atoms with van der Waals surface area (Å²) >= 11 is 0. The fraction of sp³-hybridized carbons (Fsp3) is 0.455. The highest BCUT2D eigenvalue weighted by Gasteiger charge is 2.32. The normalized spacial score (nSPS) is 21.4. The summed E-state index contributed by atoms with van der Waals surface area (Å²) in [6, 6.07) is 2.37. The molecule has 0 amide bonds. The average Bonchev–Trinajstić information content (AvgIpc) is 2.72. The first-order valence-electron chi connectivity index (χ1n) is 5.56. The molecule has 1 heterocycles. The van der Waals surface area contributed by atoms with Gasteiger partial charge in [-0.25, -0.2) is 12.8 Å². The summed E-state index contributed by atoms with van der Waals surface area (Å²) in [7, 11) is -3.71. The summed E-state index contributed by atoms with van der Waals surface area (Å²) in [5, 5.41) is 9.37. The number of halogens is 1. The van der Waals surface area contributed by atoms with Gasteiger partial charge in [-0.1, -0.05) is 0 Å². The van der Waals surface area contributed by atoms with Crippen LogP contribution < -0.4 is 5.73 Å². The van der Waals surface area contributed by atoms with Crippen molar-refractivity contribution in [2.75, 3.05) is 18.8 Å². The molecular formula is C11H15FN2O3S. The third-order valence-electron chi connectivity index (χ3n) is 3.02. The molecular weight excluding hydrogens is 259 g/mol. The van der Waals surface area contributed by atoms with Crippen molar-refractivity contribution in [3.05, 3.63) is 23.5 Å². The van der Waals surface area contributed by atoms with Crippen LogP contribution in [0.25, 0.3) is 0 Å². The lowest BCUT2D eigenvalue weighted by Crippen LogP contribution is -2.29. The minimum atomic E-state index is -3.71. The van der Waals surface area contributed by atoms with Gasteiger partial charge in [0.1, 0.15) is 5.82 Å². The van der Waals surface area contributed by atoms with E-state index in [1.165, 1.54) is 17.3 Å². The van der Waals surface area contributed by atoms with E-state index in [1.54, 1.807) is 0 Å². The molecule has 0 radical (unpaired) electrons. The third-order valence-corrected chi connectivity index (χ3v) is 4.86. The Bertz CT molecular complexity index is 551. The van der Waals surface area contributed by atoms with Crippen LogP contribution in [0, 0.1) is 12.7 Å². The second kappa shape index (κ2) is 4.49. The highest BCUT2D eigenvalue weighted by Crippen LogP contribution is 2.25. The number of nitrogens with two attached hydrogens (primary N) is 1. The lowest BCUT2D eigenvalue weighted by atomic mass is 10.2. The molecule has 1 aliphatic rings. The lowest BCUT2D eigenvalue weighted by Gasteiger charge is -2.16. The Morgan fingerprint density at radius 1 is 1.50 bits per heavy atom. The molecule has 1 aromatic carbocycles. The number of nitrogen functional groups attached to an aromatic ring is 1. The molecule has 1 aliphatic heterocycles. The average molecular weight is 274 g/mol. The van der Waals surface area contributed by atoms with Crippen molar-refractivity contribution >= 4 is 15.7 Å². The maximum absolute atomic E-state index is 13.4. The summed E-state index contributed by atoms with van der Waals surface area (Å²) in [6.45, 7) is 1.79.